The Morgan fingerprint density at radius 3 is 2.46 bits per heavy atom. The minimum Gasteiger partial charge on any atom is -0.486 e. The molecule has 0 aromatic heterocycles. The van der Waals surface area contributed by atoms with Gasteiger partial charge in [0.05, 0.1) is 11.4 Å². The van der Waals surface area contributed by atoms with Crippen LogP contribution >= 0.6 is 11.6 Å². The van der Waals surface area contributed by atoms with Crippen molar-refractivity contribution in [3.05, 3.63) is 53.1 Å². The van der Waals surface area contributed by atoms with Crippen LogP contribution in [0.3, 0.4) is 0 Å². The summed E-state index contributed by atoms with van der Waals surface area (Å²) in [6, 6.07) is 11.1. The minimum absolute atomic E-state index is 0.0755. The van der Waals surface area contributed by atoms with Crippen LogP contribution in [0, 0.1) is 0 Å². The Bertz CT molecular complexity index is 1280. The monoisotopic (exact) mass is 577 g/mol. The fraction of sp³-hybridized carbons (Fsp3) is 0.500. The molecule has 39 heavy (non-hydrogen) atoms. The first-order valence-electron chi connectivity index (χ1n) is 13.4. The predicted octanol–water partition coefficient (Wildman–Crippen LogP) is 4.13. The van der Waals surface area contributed by atoms with Gasteiger partial charge in [-0.25, -0.2) is 8.42 Å². The first-order chi connectivity index (χ1) is 18.7. The molecule has 0 unspecified atom stereocenters. The molecule has 2 amide bonds. The van der Waals surface area contributed by atoms with Crippen LogP contribution in [0.1, 0.15) is 51.5 Å². The van der Waals surface area contributed by atoms with Crippen molar-refractivity contribution in [2.45, 2.75) is 64.6 Å². The van der Waals surface area contributed by atoms with Crippen molar-refractivity contribution in [3.63, 3.8) is 0 Å². The summed E-state index contributed by atoms with van der Waals surface area (Å²) in [6.45, 7) is 3.56. The van der Waals surface area contributed by atoms with Crippen LogP contribution in [0.15, 0.2) is 42.5 Å². The highest BCUT2D eigenvalue weighted by atomic mass is 35.5. The molecule has 1 heterocycles. The van der Waals surface area contributed by atoms with E-state index in [4.69, 9.17) is 21.1 Å². The molecule has 9 nitrogen and oxygen atoms in total. The lowest BCUT2D eigenvalue weighted by Crippen LogP contribution is -2.53. The van der Waals surface area contributed by atoms with Gasteiger partial charge in [-0.1, -0.05) is 43.0 Å². The van der Waals surface area contributed by atoms with Crippen LogP contribution in [0.5, 0.6) is 11.5 Å². The number of anilines is 1. The van der Waals surface area contributed by atoms with E-state index in [0.717, 1.165) is 42.0 Å². The fourth-order valence-corrected chi connectivity index (χ4v) is 6.16. The van der Waals surface area contributed by atoms with E-state index in [1.165, 1.54) is 11.8 Å². The first kappa shape index (κ1) is 29.0. The number of nitrogens with one attached hydrogen (secondary N) is 1. The topological polar surface area (TPSA) is 105 Å². The van der Waals surface area contributed by atoms with Crippen LogP contribution in [0.25, 0.3) is 0 Å². The molecule has 0 saturated heterocycles. The number of carbonyl (C=O) groups is 2. The van der Waals surface area contributed by atoms with Crippen molar-refractivity contribution >= 4 is 39.1 Å². The van der Waals surface area contributed by atoms with E-state index in [1.807, 2.05) is 6.07 Å². The number of hydrogen-bond acceptors (Lipinski definition) is 6. The van der Waals surface area contributed by atoms with Crippen molar-refractivity contribution in [2.24, 2.45) is 0 Å². The molecule has 1 aliphatic carbocycles. The third-order valence-electron chi connectivity index (χ3n) is 7.15. The highest BCUT2D eigenvalue weighted by Crippen LogP contribution is 2.35. The van der Waals surface area contributed by atoms with Crippen LogP contribution in [0.4, 0.5) is 5.69 Å². The van der Waals surface area contributed by atoms with Gasteiger partial charge < -0.3 is 19.7 Å². The lowest BCUT2D eigenvalue weighted by atomic mass is 9.95. The largest absolute Gasteiger partial charge is 0.486 e. The average molecular weight is 578 g/mol. The van der Waals surface area contributed by atoms with Crippen molar-refractivity contribution < 1.29 is 27.5 Å². The molecule has 2 aromatic rings. The molecule has 1 N–H and O–H groups in total. The van der Waals surface area contributed by atoms with Gasteiger partial charge in [0.25, 0.3) is 0 Å². The number of ether oxygens (including phenoxy) is 2. The zero-order valence-corrected chi connectivity index (χ0v) is 24.0. The minimum atomic E-state index is -3.85. The van der Waals surface area contributed by atoms with E-state index < -0.39 is 28.5 Å². The first-order valence-corrected chi connectivity index (χ1v) is 15.4. The second kappa shape index (κ2) is 12.9. The molecular weight excluding hydrogens is 542 g/mol. The van der Waals surface area contributed by atoms with Gasteiger partial charge in [-0.2, -0.15) is 0 Å². The van der Waals surface area contributed by atoms with Gasteiger partial charge in [-0.15, -0.1) is 0 Å². The van der Waals surface area contributed by atoms with Crippen LogP contribution < -0.4 is 19.1 Å². The predicted molar refractivity (Wildman–Crippen MR) is 151 cm³/mol. The quantitative estimate of drug-likeness (QED) is 0.455. The molecule has 0 bridgehead atoms. The van der Waals surface area contributed by atoms with Gasteiger partial charge in [0.15, 0.2) is 11.5 Å². The van der Waals surface area contributed by atoms with E-state index in [2.05, 4.69) is 5.32 Å². The maximum atomic E-state index is 13.9. The highest BCUT2D eigenvalue weighted by Gasteiger charge is 2.32. The highest BCUT2D eigenvalue weighted by molar-refractivity contribution is 7.92. The van der Waals surface area contributed by atoms with Crippen molar-refractivity contribution in [3.8, 4) is 11.5 Å². The standard InChI is InChI=1S/C28H36ClN3O6S/c1-3-39(35,36)32(24-12-13-25-26(17-24)38-15-14-37-25)19-27(33)31(18-21-8-7-9-22(29)16-21)20(2)28(34)30-23-10-5-4-6-11-23/h7-9,12-13,16-17,20,23H,3-6,10-11,14-15,18-19H2,1-2H3,(H,30,34)/t20-/m0/s1. The SMILES string of the molecule is CCS(=O)(=O)N(CC(=O)N(Cc1cccc(Cl)c1)[C@@H](C)C(=O)NC1CCCCC1)c1ccc2c(c1)OCCO2. The summed E-state index contributed by atoms with van der Waals surface area (Å²) < 4.78 is 38.6. The summed E-state index contributed by atoms with van der Waals surface area (Å²) >= 11 is 6.19. The van der Waals surface area contributed by atoms with Crippen molar-refractivity contribution in [1.82, 2.24) is 10.2 Å². The summed E-state index contributed by atoms with van der Waals surface area (Å²) in [5, 5.41) is 3.60. The number of nitrogens with zero attached hydrogens (tertiary/aromatic N) is 2. The summed E-state index contributed by atoms with van der Waals surface area (Å²) in [5.41, 5.74) is 1.02. The Hall–Kier alpha value is -2.98. The Morgan fingerprint density at radius 2 is 1.77 bits per heavy atom. The zero-order valence-electron chi connectivity index (χ0n) is 22.4. The van der Waals surface area contributed by atoms with Gasteiger partial charge in [0.2, 0.25) is 21.8 Å². The molecule has 0 radical (unpaired) electrons. The number of carbonyl (C=O) groups excluding carboxylic acids is 2. The fourth-order valence-electron chi connectivity index (χ4n) is 4.89. The van der Waals surface area contributed by atoms with E-state index >= 15 is 0 Å². The van der Waals surface area contributed by atoms with E-state index in [0.29, 0.717) is 29.7 Å². The van der Waals surface area contributed by atoms with E-state index in [9.17, 15) is 18.0 Å². The Labute approximate surface area is 235 Å². The molecule has 1 saturated carbocycles. The van der Waals surface area contributed by atoms with Gasteiger partial charge in [0.1, 0.15) is 25.8 Å². The summed E-state index contributed by atoms with van der Waals surface area (Å²) in [4.78, 5) is 28.6. The number of sulfonamides is 1. The van der Waals surface area contributed by atoms with Gasteiger partial charge in [-0.05, 0) is 56.5 Å². The Kier molecular flexibility index (Phi) is 9.61. The zero-order chi connectivity index (χ0) is 28.0. The van der Waals surface area contributed by atoms with Gasteiger partial charge in [0, 0.05) is 23.7 Å². The van der Waals surface area contributed by atoms with Crippen LogP contribution in [-0.4, -0.2) is 62.7 Å². The molecule has 0 spiro atoms. The third-order valence-corrected chi connectivity index (χ3v) is 9.13. The molecule has 2 aliphatic rings. The number of halogens is 1. The molecule has 2 aromatic carbocycles. The number of benzene rings is 2. The van der Waals surface area contributed by atoms with Crippen molar-refractivity contribution in [2.75, 3.05) is 29.8 Å². The smallest absolute Gasteiger partial charge is 0.244 e. The van der Waals surface area contributed by atoms with Gasteiger partial charge >= 0.3 is 0 Å². The molecule has 1 fully saturated rings. The molecular formula is C28H36ClN3O6S. The van der Waals surface area contributed by atoms with Crippen molar-refractivity contribution in [1.29, 1.82) is 0 Å². The summed E-state index contributed by atoms with van der Waals surface area (Å²) in [7, 11) is -3.85. The third kappa shape index (κ3) is 7.36. The number of rotatable bonds is 10. The average Bonchev–Trinajstić information content (AvgIpc) is 2.94. The Morgan fingerprint density at radius 1 is 1.05 bits per heavy atom. The normalized spacial score (nSPS) is 16.3. The maximum absolute atomic E-state index is 13.9. The number of hydrogen-bond donors (Lipinski definition) is 1. The lowest BCUT2D eigenvalue weighted by Gasteiger charge is -2.33. The van der Waals surface area contributed by atoms with E-state index in [-0.39, 0.29) is 29.9 Å². The van der Waals surface area contributed by atoms with Gasteiger partial charge in [-0.3, -0.25) is 13.9 Å². The molecule has 1 aliphatic heterocycles. The lowest BCUT2D eigenvalue weighted by molar-refractivity contribution is -0.139. The second-order valence-corrected chi connectivity index (χ2v) is 12.5. The number of fused-ring (bicyclic) bond motifs is 1. The molecule has 4 rings (SSSR count). The Balaban J connectivity index is 1.61. The summed E-state index contributed by atoms with van der Waals surface area (Å²) in [6.07, 6.45) is 5.09. The molecule has 11 heteroatoms. The number of amides is 2. The maximum Gasteiger partial charge on any atom is 0.244 e. The van der Waals surface area contributed by atoms with E-state index in [1.54, 1.807) is 43.3 Å². The van der Waals surface area contributed by atoms with Crippen LogP contribution in [0.2, 0.25) is 5.02 Å². The molecule has 1 atom stereocenters. The second-order valence-electron chi connectivity index (χ2n) is 9.91. The van der Waals surface area contributed by atoms with Crippen LogP contribution in [-0.2, 0) is 26.2 Å². The molecule has 212 valence electrons. The summed E-state index contributed by atoms with van der Waals surface area (Å²) in [5.74, 6) is -0.0465.